The summed E-state index contributed by atoms with van der Waals surface area (Å²) in [4.78, 5) is 35.0. The number of esters is 1. The number of nitrogens with one attached hydrogen (secondary N) is 1. The standard InChI is InChI=1S/C21H17NO6/c1-27-21(26)13-6-8-16(9-7-13)22-19(23)12-28-18-11-15-5-3-2-4-14(15)10-17(18)20(24)25/h2-11H,12H2,1H3,(H,22,23)(H,24,25). The molecule has 0 fully saturated rings. The number of carboxylic acid groups (broad SMARTS) is 1. The van der Waals surface area contributed by atoms with E-state index < -0.39 is 17.8 Å². The highest BCUT2D eigenvalue weighted by atomic mass is 16.5. The van der Waals surface area contributed by atoms with Gasteiger partial charge in [-0.3, -0.25) is 4.79 Å². The Hall–Kier alpha value is -3.87. The van der Waals surface area contributed by atoms with Crippen LogP contribution in [0, 0.1) is 0 Å². The third kappa shape index (κ3) is 4.27. The van der Waals surface area contributed by atoms with Gasteiger partial charge in [-0.05, 0) is 47.2 Å². The van der Waals surface area contributed by atoms with Gasteiger partial charge in [-0.1, -0.05) is 24.3 Å². The molecule has 3 rings (SSSR count). The van der Waals surface area contributed by atoms with Gasteiger partial charge in [0.2, 0.25) is 0 Å². The molecule has 0 spiro atoms. The van der Waals surface area contributed by atoms with Gasteiger partial charge in [-0.2, -0.15) is 0 Å². The number of benzene rings is 3. The quantitative estimate of drug-likeness (QED) is 0.637. The van der Waals surface area contributed by atoms with E-state index in [0.29, 0.717) is 11.3 Å². The van der Waals surface area contributed by atoms with Crippen LogP contribution in [0.3, 0.4) is 0 Å². The number of carbonyl (C=O) groups is 3. The van der Waals surface area contributed by atoms with Gasteiger partial charge >= 0.3 is 11.9 Å². The predicted molar refractivity (Wildman–Crippen MR) is 103 cm³/mol. The van der Waals surface area contributed by atoms with Gasteiger partial charge in [0.1, 0.15) is 11.3 Å². The molecule has 28 heavy (non-hydrogen) atoms. The van der Waals surface area contributed by atoms with Crippen molar-refractivity contribution in [2.45, 2.75) is 0 Å². The maximum atomic E-state index is 12.1. The molecular weight excluding hydrogens is 362 g/mol. The lowest BCUT2D eigenvalue weighted by molar-refractivity contribution is -0.118. The van der Waals surface area contributed by atoms with E-state index in [-0.39, 0.29) is 17.9 Å². The van der Waals surface area contributed by atoms with E-state index in [2.05, 4.69) is 10.1 Å². The second kappa shape index (κ2) is 8.22. The van der Waals surface area contributed by atoms with E-state index in [0.717, 1.165) is 10.8 Å². The molecular formula is C21H17NO6. The molecule has 0 bridgehead atoms. The van der Waals surface area contributed by atoms with Crippen molar-refractivity contribution in [3.63, 3.8) is 0 Å². The summed E-state index contributed by atoms with van der Waals surface area (Å²) in [7, 11) is 1.29. The highest BCUT2D eigenvalue weighted by molar-refractivity contribution is 5.98. The number of anilines is 1. The van der Waals surface area contributed by atoms with Crippen molar-refractivity contribution in [2.24, 2.45) is 0 Å². The Balaban J connectivity index is 1.69. The Bertz CT molecular complexity index is 1040. The highest BCUT2D eigenvalue weighted by Crippen LogP contribution is 2.26. The van der Waals surface area contributed by atoms with Crippen LogP contribution in [0.1, 0.15) is 20.7 Å². The molecule has 7 heteroatoms. The van der Waals surface area contributed by atoms with E-state index >= 15 is 0 Å². The zero-order chi connectivity index (χ0) is 20.1. The molecule has 0 heterocycles. The molecule has 142 valence electrons. The lowest BCUT2D eigenvalue weighted by atomic mass is 10.1. The van der Waals surface area contributed by atoms with Crippen LogP contribution >= 0.6 is 0 Å². The second-order valence-electron chi connectivity index (χ2n) is 5.91. The van der Waals surface area contributed by atoms with E-state index in [1.54, 1.807) is 24.3 Å². The first-order valence-corrected chi connectivity index (χ1v) is 8.35. The first-order chi connectivity index (χ1) is 13.5. The molecule has 3 aromatic carbocycles. The minimum atomic E-state index is -1.14. The molecule has 3 aromatic rings. The monoisotopic (exact) mass is 379 g/mol. The molecule has 2 N–H and O–H groups in total. The van der Waals surface area contributed by atoms with Crippen molar-refractivity contribution in [1.82, 2.24) is 0 Å². The molecule has 0 saturated carbocycles. The SMILES string of the molecule is COC(=O)c1ccc(NC(=O)COc2cc3ccccc3cc2C(=O)O)cc1. The van der Waals surface area contributed by atoms with Crippen molar-refractivity contribution >= 4 is 34.3 Å². The van der Waals surface area contributed by atoms with Crippen LogP contribution in [0.4, 0.5) is 5.69 Å². The Morgan fingerprint density at radius 3 is 2.21 bits per heavy atom. The Morgan fingerprint density at radius 1 is 0.964 bits per heavy atom. The number of aromatic carboxylic acids is 1. The van der Waals surface area contributed by atoms with Crippen molar-refractivity contribution in [3.8, 4) is 5.75 Å². The van der Waals surface area contributed by atoms with Crippen LogP contribution in [-0.2, 0) is 9.53 Å². The molecule has 0 atom stereocenters. The summed E-state index contributed by atoms with van der Waals surface area (Å²) in [5.74, 6) is -1.96. The predicted octanol–water partition coefficient (Wildman–Crippen LogP) is 3.34. The van der Waals surface area contributed by atoms with Crippen molar-refractivity contribution in [1.29, 1.82) is 0 Å². The van der Waals surface area contributed by atoms with E-state index in [4.69, 9.17) is 4.74 Å². The lowest BCUT2D eigenvalue weighted by Gasteiger charge is -2.11. The van der Waals surface area contributed by atoms with Gasteiger partial charge in [0.25, 0.3) is 5.91 Å². The van der Waals surface area contributed by atoms with Crippen LogP contribution in [-0.4, -0.2) is 36.7 Å². The Labute approximate surface area is 160 Å². The molecule has 0 aromatic heterocycles. The molecule has 0 aliphatic carbocycles. The average Bonchev–Trinajstić information content (AvgIpc) is 2.71. The smallest absolute Gasteiger partial charge is 0.339 e. The topological polar surface area (TPSA) is 102 Å². The van der Waals surface area contributed by atoms with Gasteiger partial charge in [0.05, 0.1) is 12.7 Å². The molecule has 1 amide bonds. The summed E-state index contributed by atoms with van der Waals surface area (Å²) in [6.45, 7) is -0.364. The number of methoxy groups -OCH3 is 1. The van der Waals surface area contributed by atoms with Crippen LogP contribution < -0.4 is 10.1 Å². The molecule has 0 aliphatic heterocycles. The maximum absolute atomic E-state index is 12.1. The zero-order valence-corrected chi connectivity index (χ0v) is 15.0. The average molecular weight is 379 g/mol. The second-order valence-corrected chi connectivity index (χ2v) is 5.91. The number of carbonyl (C=O) groups excluding carboxylic acids is 2. The molecule has 0 saturated heterocycles. The largest absolute Gasteiger partial charge is 0.483 e. The summed E-state index contributed by atoms with van der Waals surface area (Å²) >= 11 is 0. The van der Waals surface area contributed by atoms with Gasteiger partial charge in [-0.25, -0.2) is 9.59 Å². The third-order valence-electron chi connectivity index (χ3n) is 4.03. The minimum absolute atomic E-state index is 0.0195. The van der Waals surface area contributed by atoms with Gasteiger partial charge in [-0.15, -0.1) is 0 Å². The zero-order valence-electron chi connectivity index (χ0n) is 15.0. The highest BCUT2D eigenvalue weighted by Gasteiger charge is 2.14. The summed E-state index contributed by atoms with van der Waals surface area (Å²) in [6, 6.07) is 16.5. The fourth-order valence-electron chi connectivity index (χ4n) is 2.65. The first kappa shape index (κ1) is 18.9. The van der Waals surface area contributed by atoms with E-state index in [1.807, 2.05) is 18.2 Å². The summed E-state index contributed by atoms with van der Waals surface area (Å²) < 4.78 is 10.1. The van der Waals surface area contributed by atoms with Crippen LogP contribution in [0.5, 0.6) is 5.75 Å². The number of hydrogen-bond donors (Lipinski definition) is 2. The minimum Gasteiger partial charge on any atom is -0.483 e. The van der Waals surface area contributed by atoms with Crippen molar-refractivity contribution in [3.05, 3.63) is 71.8 Å². The fraction of sp³-hybridized carbons (Fsp3) is 0.0952. The normalized spacial score (nSPS) is 10.3. The number of carboxylic acids is 1. The van der Waals surface area contributed by atoms with Gasteiger partial charge < -0.3 is 19.9 Å². The molecule has 0 aliphatic rings. The van der Waals surface area contributed by atoms with Crippen LogP contribution in [0.15, 0.2) is 60.7 Å². The Morgan fingerprint density at radius 2 is 1.61 bits per heavy atom. The fourth-order valence-corrected chi connectivity index (χ4v) is 2.65. The number of rotatable bonds is 6. The number of hydrogen-bond acceptors (Lipinski definition) is 5. The lowest BCUT2D eigenvalue weighted by Crippen LogP contribution is -2.21. The summed E-state index contributed by atoms with van der Waals surface area (Å²) in [6.07, 6.45) is 0. The molecule has 0 unspecified atom stereocenters. The Kier molecular flexibility index (Phi) is 5.55. The number of fused-ring (bicyclic) bond motifs is 1. The van der Waals surface area contributed by atoms with Crippen molar-refractivity contribution in [2.75, 3.05) is 19.0 Å². The van der Waals surface area contributed by atoms with Gasteiger partial charge in [0.15, 0.2) is 6.61 Å². The summed E-state index contributed by atoms with van der Waals surface area (Å²) in [5.41, 5.74) is 0.811. The van der Waals surface area contributed by atoms with Crippen LogP contribution in [0.25, 0.3) is 10.8 Å². The van der Waals surface area contributed by atoms with Crippen LogP contribution in [0.2, 0.25) is 0 Å². The summed E-state index contributed by atoms with van der Waals surface area (Å²) in [5, 5.41) is 13.6. The van der Waals surface area contributed by atoms with E-state index in [1.165, 1.54) is 25.3 Å². The molecule has 0 radical (unpaired) electrons. The first-order valence-electron chi connectivity index (χ1n) is 8.35. The number of amides is 1. The third-order valence-corrected chi connectivity index (χ3v) is 4.03. The molecule has 7 nitrogen and oxygen atoms in total. The number of ether oxygens (including phenoxy) is 2. The van der Waals surface area contributed by atoms with Gasteiger partial charge in [0, 0.05) is 5.69 Å². The van der Waals surface area contributed by atoms with Crippen molar-refractivity contribution < 1.29 is 29.0 Å². The van der Waals surface area contributed by atoms with E-state index in [9.17, 15) is 19.5 Å². The maximum Gasteiger partial charge on any atom is 0.339 e.